The van der Waals surface area contributed by atoms with Crippen LogP contribution in [0.3, 0.4) is 0 Å². The topological polar surface area (TPSA) is 66.8 Å². The molecule has 1 aliphatic carbocycles. The average molecular weight is 429 g/mol. The summed E-state index contributed by atoms with van der Waals surface area (Å²) < 4.78 is 18.9. The first-order chi connectivity index (χ1) is 14.7. The van der Waals surface area contributed by atoms with Crippen LogP contribution in [0, 0.1) is 5.95 Å². The van der Waals surface area contributed by atoms with Crippen molar-refractivity contribution in [1.82, 2.24) is 15.2 Å². The second-order valence-electron chi connectivity index (χ2n) is 8.99. The Morgan fingerprint density at radius 1 is 1.29 bits per heavy atom. The van der Waals surface area contributed by atoms with E-state index in [1.807, 2.05) is 31.7 Å². The second kappa shape index (κ2) is 9.20. The molecular weight excluding hydrogens is 395 g/mol. The Morgan fingerprint density at radius 3 is 2.42 bits per heavy atom. The normalized spacial score (nSPS) is 18.7. The van der Waals surface area contributed by atoms with Crippen molar-refractivity contribution in [3.63, 3.8) is 0 Å². The van der Waals surface area contributed by atoms with E-state index in [0.29, 0.717) is 30.2 Å². The van der Waals surface area contributed by atoms with Crippen LogP contribution in [-0.2, 0) is 4.79 Å². The number of nitrogens with one attached hydrogen (secondary N) is 1. The van der Waals surface area contributed by atoms with Crippen molar-refractivity contribution < 1.29 is 13.9 Å². The average Bonchev–Trinajstić information content (AvgIpc) is 3.48. The molecule has 2 fully saturated rings. The molecule has 0 bridgehead atoms. The number of aliphatic imine (C=N–C) groups is 1. The fourth-order valence-electron chi connectivity index (χ4n) is 4.07. The molecule has 0 spiro atoms. The van der Waals surface area contributed by atoms with Gasteiger partial charge in [0, 0.05) is 41.4 Å². The lowest BCUT2D eigenvalue weighted by atomic mass is 9.91. The summed E-state index contributed by atoms with van der Waals surface area (Å²) >= 11 is 0. The molecule has 1 aromatic rings. The van der Waals surface area contributed by atoms with E-state index in [0.717, 1.165) is 36.8 Å². The number of ether oxygens (including phenoxy) is 1. The first-order valence-corrected chi connectivity index (χ1v) is 10.8. The zero-order valence-corrected chi connectivity index (χ0v) is 19.2. The number of likely N-dealkylation sites (tertiary alicyclic amines) is 1. The Labute approximate surface area is 184 Å². The van der Waals surface area contributed by atoms with Crippen molar-refractivity contribution in [1.29, 1.82) is 0 Å². The zero-order valence-electron chi connectivity index (χ0n) is 19.2. The Bertz CT molecular complexity index is 922. The predicted octanol–water partition coefficient (Wildman–Crippen LogP) is 4.35. The van der Waals surface area contributed by atoms with Crippen LogP contribution >= 0.6 is 0 Å². The van der Waals surface area contributed by atoms with Crippen molar-refractivity contribution in [2.45, 2.75) is 64.8 Å². The van der Waals surface area contributed by atoms with Gasteiger partial charge in [0.15, 0.2) is 5.75 Å². The van der Waals surface area contributed by atoms with Crippen LogP contribution in [0.15, 0.2) is 39.7 Å². The fourth-order valence-corrected chi connectivity index (χ4v) is 4.07. The van der Waals surface area contributed by atoms with Crippen molar-refractivity contribution in [3.8, 4) is 5.75 Å². The highest BCUT2D eigenvalue weighted by molar-refractivity contribution is 5.98. The molecule has 1 N–H and O–H groups in total. The molecule has 1 aliphatic heterocycles. The molecule has 168 valence electrons. The third kappa shape index (κ3) is 5.14. The number of methoxy groups -OCH3 is 1. The molecule has 1 saturated carbocycles. The Kier molecular flexibility index (Phi) is 6.82. The van der Waals surface area contributed by atoms with Crippen LogP contribution in [0.1, 0.15) is 65.0 Å². The number of piperidine rings is 1. The molecule has 2 heterocycles. The second-order valence-corrected chi connectivity index (χ2v) is 8.99. The van der Waals surface area contributed by atoms with Gasteiger partial charge in [-0.15, -0.1) is 0 Å². The minimum atomic E-state index is -0.590. The minimum absolute atomic E-state index is 0.00807. The van der Waals surface area contributed by atoms with E-state index in [9.17, 15) is 9.18 Å². The Morgan fingerprint density at radius 2 is 1.94 bits per heavy atom. The third-order valence-electron chi connectivity index (χ3n) is 6.28. The summed E-state index contributed by atoms with van der Waals surface area (Å²) in [6.45, 7) is 12.9. The monoisotopic (exact) mass is 428 g/mol. The summed E-state index contributed by atoms with van der Waals surface area (Å²) in [5.41, 5.74) is 3.23. The maximum absolute atomic E-state index is 14.0. The summed E-state index contributed by atoms with van der Waals surface area (Å²) in [5, 5.41) is 3.44. The minimum Gasteiger partial charge on any atom is -0.492 e. The van der Waals surface area contributed by atoms with Gasteiger partial charge in [-0.05, 0) is 72.2 Å². The van der Waals surface area contributed by atoms with Crippen LogP contribution in [0.25, 0.3) is 0 Å². The highest BCUT2D eigenvalue weighted by atomic mass is 19.1. The van der Waals surface area contributed by atoms with E-state index in [2.05, 4.69) is 28.9 Å². The zero-order chi connectivity index (χ0) is 22.8. The molecule has 7 heteroatoms. The number of rotatable bonds is 7. The van der Waals surface area contributed by atoms with Gasteiger partial charge in [0.05, 0.1) is 7.11 Å². The lowest BCUT2D eigenvalue weighted by molar-refractivity contribution is -0.128. The molecule has 0 aromatic carbocycles. The summed E-state index contributed by atoms with van der Waals surface area (Å²) in [7, 11) is 1.43. The van der Waals surface area contributed by atoms with Crippen molar-refractivity contribution >= 4 is 12.6 Å². The Balaban J connectivity index is 1.72. The summed E-state index contributed by atoms with van der Waals surface area (Å²) in [6.07, 6.45) is 3.66. The summed E-state index contributed by atoms with van der Waals surface area (Å²) in [6, 6.07) is 3.42. The van der Waals surface area contributed by atoms with Gasteiger partial charge in [-0.1, -0.05) is 5.57 Å². The standard InChI is InChI=1S/C24H33FN4O2/c1-15(2)20(16(3)22(26-5)28-24(4)11-12-24)23(30)29-13-9-17(10-14-29)18-7-8-19(31-6)21(25)27-18/h7-8,17,28H,5,9-14H2,1-4,6H3/b22-16-. The molecule has 1 amide bonds. The van der Waals surface area contributed by atoms with Gasteiger partial charge >= 0.3 is 0 Å². The van der Waals surface area contributed by atoms with Crippen molar-refractivity contribution in [2.24, 2.45) is 4.99 Å². The number of carbonyl (C=O) groups excluding carboxylic acids is 1. The van der Waals surface area contributed by atoms with E-state index in [1.165, 1.54) is 7.11 Å². The fraction of sp³-hybridized carbons (Fsp3) is 0.542. The molecule has 0 unspecified atom stereocenters. The first kappa shape index (κ1) is 23.0. The Hall–Kier alpha value is -2.70. The number of aromatic nitrogens is 1. The number of amides is 1. The molecule has 1 aromatic heterocycles. The molecule has 31 heavy (non-hydrogen) atoms. The van der Waals surface area contributed by atoms with Crippen molar-refractivity contribution in [3.05, 3.63) is 46.3 Å². The van der Waals surface area contributed by atoms with E-state index < -0.39 is 5.95 Å². The van der Waals surface area contributed by atoms with Crippen LogP contribution in [0.2, 0.25) is 0 Å². The van der Waals surface area contributed by atoms with E-state index >= 15 is 0 Å². The number of halogens is 1. The van der Waals surface area contributed by atoms with E-state index in [4.69, 9.17) is 4.74 Å². The molecule has 1 saturated heterocycles. The molecule has 0 atom stereocenters. The van der Waals surface area contributed by atoms with E-state index in [-0.39, 0.29) is 23.1 Å². The third-order valence-corrected chi connectivity index (χ3v) is 6.28. The van der Waals surface area contributed by atoms with Crippen LogP contribution in [0.4, 0.5) is 4.39 Å². The molecule has 0 radical (unpaired) electrons. The van der Waals surface area contributed by atoms with E-state index in [1.54, 1.807) is 6.07 Å². The predicted molar refractivity (Wildman–Crippen MR) is 121 cm³/mol. The quantitative estimate of drug-likeness (QED) is 0.304. The van der Waals surface area contributed by atoms with Gasteiger partial charge in [-0.3, -0.25) is 4.79 Å². The maximum atomic E-state index is 14.0. The highest BCUT2D eigenvalue weighted by Gasteiger charge is 2.38. The smallest absolute Gasteiger partial charge is 0.255 e. The van der Waals surface area contributed by atoms with Gasteiger partial charge in [0.1, 0.15) is 5.82 Å². The summed E-state index contributed by atoms with van der Waals surface area (Å²) in [4.78, 5) is 23.5. The lowest BCUT2D eigenvalue weighted by Gasteiger charge is -2.33. The van der Waals surface area contributed by atoms with Gasteiger partial charge in [-0.2, -0.15) is 4.39 Å². The molecular formula is C24H33FN4O2. The number of allylic oxidation sites excluding steroid dienone is 1. The molecule has 3 rings (SSSR count). The van der Waals surface area contributed by atoms with Crippen molar-refractivity contribution in [2.75, 3.05) is 20.2 Å². The molecule has 6 nitrogen and oxygen atoms in total. The lowest BCUT2D eigenvalue weighted by Crippen LogP contribution is -2.39. The van der Waals surface area contributed by atoms with Gasteiger partial charge in [0.2, 0.25) is 0 Å². The maximum Gasteiger partial charge on any atom is 0.255 e. The van der Waals surface area contributed by atoms with Gasteiger partial charge in [0.25, 0.3) is 11.9 Å². The molecule has 2 aliphatic rings. The van der Waals surface area contributed by atoms with Crippen LogP contribution < -0.4 is 10.1 Å². The van der Waals surface area contributed by atoms with Crippen LogP contribution in [-0.4, -0.2) is 48.2 Å². The highest BCUT2D eigenvalue weighted by Crippen LogP contribution is 2.36. The number of nitrogens with zero attached hydrogens (tertiary/aromatic N) is 3. The first-order valence-electron chi connectivity index (χ1n) is 10.8. The number of pyridine rings is 1. The number of carbonyl (C=O) groups is 1. The largest absolute Gasteiger partial charge is 0.492 e. The summed E-state index contributed by atoms with van der Waals surface area (Å²) in [5.74, 6) is 0.365. The van der Waals surface area contributed by atoms with Gasteiger partial charge in [-0.25, -0.2) is 9.98 Å². The van der Waals surface area contributed by atoms with Crippen LogP contribution in [0.5, 0.6) is 5.75 Å². The number of hydrogen-bond donors (Lipinski definition) is 1. The SMILES string of the molecule is C=N/C(NC1(C)CC1)=C(\C)C(C(=O)N1CCC(c2ccc(OC)c(F)n2)CC1)=C(C)C. The van der Waals surface area contributed by atoms with Gasteiger partial charge < -0.3 is 15.0 Å². The number of hydrogen-bond acceptors (Lipinski definition) is 5.